The van der Waals surface area contributed by atoms with Gasteiger partial charge < -0.3 is 0 Å². The van der Waals surface area contributed by atoms with E-state index in [9.17, 15) is 13.2 Å². The standard InChI is InChI=1S/C19H15Cl2N5O3S/c1-30(28,29)18-23-9-13-11-25(16-14(20)5-2-6-15(16)21)19(27)26(17(13)24-18)10-12-4-3-7-22-8-12/h2-9H,10-11H2,1H3. The Morgan fingerprint density at radius 1 is 1.10 bits per heavy atom. The van der Waals surface area contributed by atoms with Crippen LogP contribution in [0, 0.1) is 0 Å². The lowest BCUT2D eigenvalue weighted by Crippen LogP contribution is -2.48. The van der Waals surface area contributed by atoms with E-state index < -0.39 is 15.9 Å². The number of halogens is 2. The predicted octanol–water partition coefficient (Wildman–Crippen LogP) is 3.73. The number of pyridine rings is 1. The molecular weight excluding hydrogens is 449 g/mol. The minimum atomic E-state index is -3.66. The molecule has 30 heavy (non-hydrogen) atoms. The first-order valence-electron chi connectivity index (χ1n) is 8.73. The van der Waals surface area contributed by atoms with E-state index >= 15 is 0 Å². The van der Waals surface area contributed by atoms with Crippen LogP contribution < -0.4 is 9.80 Å². The smallest absolute Gasteiger partial charge is 0.286 e. The molecule has 1 aliphatic heterocycles. The van der Waals surface area contributed by atoms with E-state index in [1.165, 1.54) is 16.0 Å². The second kappa shape index (κ2) is 7.82. The van der Waals surface area contributed by atoms with Crippen LogP contribution in [0.5, 0.6) is 0 Å². The van der Waals surface area contributed by atoms with E-state index in [1.54, 1.807) is 42.7 Å². The molecule has 154 valence electrons. The quantitative estimate of drug-likeness (QED) is 0.546. The first-order valence-corrected chi connectivity index (χ1v) is 11.4. The molecule has 3 aromatic rings. The van der Waals surface area contributed by atoms with Gasteiger partial charge >= 0.3 is 6.03 Å². The second-order valence-electron chi connectivity index (χ2n) is 6.66. The summed E-state index contributed by atoms with van der Waals surface area (Å²) in [5.74, 6) is 0.221. The normalized spacial score (nSPS) is 14.0. The Labute approximate surface area is 183 Å². The summed E-state index contributed by atoms with van der Waals surface area (Å²) in [6, 6.07) is 8.07. The highest BCUT2D eigenvalue weighted by molar-refractivity contribution is 7.90. The molecule has 0 radical (unpaired) electrons. The third kappa shape index (κ3) is 3.83. The maximum absolute atomic E-state index is 13.5. The summed E-state index contributed by atoms with van der Waals surface area (Å²) in [5.41, 5.74) is 1.66. The van der Waals surface area contributed by atoms with E-state index in [-0.39, 0.29) is 24.1 Å². The van der Waals surface area contributed by atoms with Gasteiger partial charge in [0.2, 0.25) is 15.0 Å². The van der Waals surface area contributed by atoms with Crippen LogP contribution in [0.1, 0.15) is 11.1 Å². The summed E-state index contributed by atoms with van der Waals surface area (Å²) in [7, 11) is -3.66. The molecule has 1 aromatic carbocycles. The van der Waals surface area contributed by atoms with E-state index in [4.69, 9.17) is 23.2 Å². The van der Waals surface area contributed by atoms with Gasteiger partial charge in [-0.1, -0.05) is 35.3 Å². The third-order valence-electron chi connectivity index (χ3n) is 4.47. The maximum atomic E-state index is 13.5. The number of benzene rings is 1. The van der Waals surface area contributed by atoms with Crippen LogP contribution in [0.15, 0.2) is 54.1 Å². The summed E-state index contributed by atoms with van der Waals surface area (Å²) in [5, 5.41) is 0.276. The molecule has 0 saturated heterocycles. The number of urea groups is 1. The molecule has 3 heterocycles. The fraction of sp³-hybridized carbons (Fsp3) is 0.158. The molecule has 4 rings (SSSR count). The van der Waals surface area contributed by atoms with E-state index in [2.05, 4.69) is 15.0 Å². The van der Waals surface area contributed by atoms with Gasteiger partial charge in [-0.25, -0.2) is 23.2 Å². The molecule has 0 saturated carbocycles. The van der Waals surface area contributed by atoms with Crippen molar-refractivity contribution in [3.63, 3.8) is 0 Å². The van der Waals surface area contributed by atoms with Gasteiger partial charge in [0.1, 0.15) is 5.82 Å². The Hall–Kier alpha value is -2.75. The summed E-state index contributed by atoms with van der Waals surface area (Å²) >= 11 is 12.7. The van der Waals surface area contributed by atoms with Gasteiger partial charge in [-0.3, -0.25) is 14.8 Å². The zero-order valence-electron chi connectivity index (χ0n) is 15.7. The molecule has 1 aliphatic rings. The topological polar surface area (TPSA) is 96.4 Å². The van der Waals surface area contributed by atoms with Gasteiger partial charge in [0.05, 0.1) is 28.8 Å². The molecule has 0 N–H and O–H groups in total. The minimum absolute atomic E-state index is 0.0885. The van der Waals surface area contributed by atoms with Crippen molar-refractivity contribution in [1.29, 1.82) is 0 Å². The highest BCUT2D eigenvalue weighted by atomic mass is 35.5. The minimum Gasteiger partial charge on any atom is -0.286 e. The number of fused-ring (bicyclic) bond motifs is 1. The number of carbonyl (C=O) groups is 1. The Morgan fingerprint density at radius 3 is 2.47 bits per heavy atom. The van der Waals surface area contributed by atoms with Crippen LogP contribution >= 0.6 is 23.2 Å². The molecule has 0 bridgehead atoms. The van der Waals surface area contributed by atoms with E-state index in [1.807, 2.05) is 0 Å². The number of rotatable bonds is 4. The lowest BCUT2D eigenvalue weighted by atomic mass is 10.1. The highest BCUT2D eigenvalue weighted by Gasteiger charge is 2.35. The largest absolute Gasteiger partial charge is 0.330 e. The molecule has 11 heteroatoms. The fourth-order valence-corrected chi connectivity index (χ4v) is 4.22. The van der Waals surface area contributed by atoms with Gasteiger partial charge in [-0.2, -0.15) is 0 Å². The van der Waals surface area contributed by atoms with Crippen LogP contribution in [-0.2, 0) is 22.9 Å². The lowest BCUT2D eigenvalue weighted by Gasteiger charge is -2.36. The highest BCUT2D eigenvalue weighted by Crippen LogP contribution is 2.39. The number of carbonyl (C=O) groups excluding carboxylic acids is 1. The molecule has 0 unspecified atom stereocenters. The number of hydrogen-bond acceptors (Lipinski definition) is 6. The molecule has 0 aliphatic carbocycles. The van der Waals surface area contributed by atoms with Crippen LogP contribution in [0.4, 0.5) is 16.3 Å². The number of para-hydroxylation sites is 1. The van der Waals surface area contributed by atoms with Crippen molar-refractivity contribution in [3.05, 3.63) is 70.1 Å². The van der Waals surface area contributed by atoms with E-state index in [0.717, 1.165) is 11.8 Å². The second-order valence-corrected chi connectivity index (χ2v) is 9.38. The third-order valence-corrected chi connectivity index (χ3v) is 5.94. The fourth-order valence-electron chi connectivity index (χ4n) is 3.12. The maximum Gasteiger partial charge on any atom is 0.330 e. The van der Waals surface area contributed by atoms with Crippen LogP contribution in [0.3, 0.4) is 0 Å². The van der Waals surface area contributed by atoms with Crippen LogP contribution in [-0.4, -0.2) is 35.7 Å². The van der Waals surface area contributed by atoms with Gasteiger partial charge in [0, 0.05) is 30.4 Å². The molecular formula is C19H15Cl2N5O3S. The molecule has 2 aromatic heterocycles. The van der Waals surface area contributed by atoms with Gasteiger partial charge in [-0.05, 0) is 23.8 Å². The molecule has 0 atom stereocenters. The number of anilines is 2. The predicted molar refractivity (Wildman–Crippen MR) is 114 cm³/mol. The van der Waals surface area contributed by atoms with Gasteiger partial charge in [0.15, 0.2) is 0 Å². The number of nitrogens with zero attached hydrogens (tertiary/aromatic N) is 5. The monoisotopic (exact) mass is 463 g/mol. The van der Waals surface area contributed by atoms with Crippen molar-refractivity contribution in [1.82, 2.24) is 15.0 Å². The Morgan fingerprint density at radius 2 is 1.83 bits per heavy atom. The lowest BCUT2D eigenvalue weighted by molar-refractivity contribution is 0.249. The van der Waals surface area contributed by atoms with Crippen molar-refractivity contribution >= 4 is 50.6 Å². The average Bonchev–Trinajstić information content (AvgIpc) is 2.70. The van der Waals surface area contributed by atoms with Crippen LogP contribution in [0.2, 0.25) is 10.0 Å². The first-order chi connectivity index (χ1) is 14.3. The zero-order chi connectivity index (χ0) is 21.5. The van der Waals surface area contributed by atoms with Crippen LogP contribution in [0.25, 0.3) is 0 Å². The number of sulfone groups is 1. The Balaban J connectivity index is 1.86. The van der Waals surface area contributed by atoms with Crippen molar-refractivity contribution < 1.29 is 13.2 Å². The first kappa shape index (κ1) is 20.5. The zero-order valence-corrected chi connectivity index (χ0v) is 18.0. The van der Waals surface area contributed by atoms with Gasteiger partial charge in [-0.15, -0.1) is 0 Å². The summed E-state index contributed by atoms with van der Waals surface area (Å²) < 4.78 is 23.9. The Bertz CT molecular complexity index is 1220. The summed E-state index contributed by atoms with van der Waals surface area (Å²) in [4.78, 5) is 28.5. The number of hydrogen-bond donors (Lipinski definition) is 0. The van der Waals surface area contributed by atoms with Crippen molar-refractivity contribution in [2.24, 2.45) is 0 Å². The number of aromatic nitrogens is 3. The summed E-state index contributed by atoms with van der Waals surface area (Å²) in [6.45, 7) is 0.212. The summed E-state index contributed by atoms with van der Waals surface area (Å²) in [6.07, 6.45) is 5.65. The van der Waals surface area contributed by atoms with Crippen molar-refractivity contribution in [2.75, 3.05) is 16.1 Å². The number of amides is 2. The SMILES string of the molecule is CS(=O)(=O)c1ncc2c(n1)N(Cc1cccnc1)C(=O)N(c1c(Cl)cccc1Cl)C2. The molecule has 0 fully saturated rings. The van der Waals surface area contributed by atoms with Crippen molar-refractivity contribution in [3.8, 4) is 0 Å². The molecule has 2 amide bonds. The Kier molecular flexibility index (Phi) is 5.35. The van der Waals surface area contributed by atoms with E-state index in [0.29, 0.717) is 21.3 Å². The average molecular weight is 464 g/mol. The van der Waals surface area contributed by atoms with Crippen molar-refractivity contribution in [2.45, 2.75) is 18.2 Å². The molecule has 0 spiro atoms. The van der Waals surface area contributed by atoms with Gasteiger partial charge in [0.25, 0.3) is 0 Å². The molecule has 8 nitrogen and oxygen atoms in total.